The summed E-state index contributed by atoms with van der Waals surface area (Å²) in [5.41, 5.74) is -0.264. The van der Waals surface area contributed by atoms with Crippen molar-refractivity contribution in [2.45, 2.75) is 40.3 Å². The van der Waals surface area contributed by atoms with Gasteiger partial charge < -0.3 is 9.74 Å². The number of hydrogen-bond donors (Lipinski definition) is 0. The second kappa shape index (κ2) is 3.20. The third-order valence-electron chi connectivity index (χ3n) is 2.92. The van der Waals surface area contributed by atoms with Crippen molar-refractivity contribution in [1.29, 1.82) is 0 Å². The molecule has 0 aromatic rings. The van der Waals surface area contributed by atoms with Crippen LogP contribution in [0.15, 0.2) is 5.16 Å². The first-order chi connectivity index (χ1) is 5.89. The van der Waals surface area contributed by atoms with Gasteiger partial charge in [0.2, 0.25) is 5.72 Å². The van der Waals surface area contributed by atoms with Gasteiger partial charge in [0.25, 0.3) is 0 Å². The normalized spacial score (nSPS) is 28.3. The van der Waals surface area contributed by atoms with Crippen LogP contribution < -0.4 is 0 Å². The molecule has 76 valence electrons. The Labute approximate surface area is 80.7 Å². The molecule has 1 rings (SSSR count). The van der Waals surface area contributed by atoms with Crippen molar-refractivity contribution in [1.82, 2.24) is 4.90 Å². The van der Waals surface area contributed by atoms with E-state index in [1.807, 2.05) is 7.05 Å². The van der Waals surface area contributed by atoms with Gasteiger partial charge in [-0.15, -0.1) is 0 Å². The van der Waals surface area contributed by atoms with Crippen molar-refractivity contribution in [3.05, 3.63) is 0 Å². The molecular weight excluding hydrogens is 164 g/mol. The van der Waals surface area contributed by atoms with E-state index in [0.717, 1.165) is 5.84 Å². The Morgan fingerprint density at radius 2 is 1.85 bits per heavy atom. The highest BCUT2D eigenvalue weighted by Crippen LogP contribution is 2.31. The maximum absolute atomic E-state index is 5.50. The Balaban J connectivity index is 2.82. The minimum absolute atomic E-state index is 0.264. The summed E-state index contributed by atoms with van der Waals surface area (Å²) < 4.78 is 0. The van der Waals surface area contributed by atoms with Crippen LogP contribution in [-0.2, 0) is 4.84 Å². The summed E-state index contributed by atoms with van der Waals surface area (Å²) in [6, 6.07) is 0. The zero-order valence-corrected chi connectivity index (χ0v) is 9.46. The molecule has 0 aromatic heterocycles. The molecule has 0 fully saturated rings. The minimum Gasteiger partial charge on any atom is -0.365 e. The van der Waals surface area contributed by atoms with Crippen molar-refractivity contribution < 1.29 is 4.84 Å². The van der Waals surface area contributed by atoms with E-state index >= 15 is 0 Å². The van der Waals surface area contributed by atoms with E-state index in [9.17, 15) is 0 Å². The standard InChI is InChI=1S/C10H20N2O/c1-7(2)9-11-13-10(5,8(3)4)12(9)6/h7-8H,1-6H3. The Hall–Kier alpha value is -0.730. The summed E-state index contributed by atoms with van der Waals surface area (Å²) in [6.07, 6.45) is 0. The third kappa shape index (κ3) is 1.52. The molecule has 0 amide bonds. The van der Waals surface area contributed by atoms with E-state index in [-0.39, 0.29) is 5.72 Å². The first kappa shape index (κ1) is 10.4. The fraction of sp³-hybridized carbons (Fsp3) is 0.900. The molecule has 0 aromatic carbocycles. The molecule has 3 nitrogen and oxygen atoms in total. The lowest BCUT2D eigenvalue weighted by Gasteiger charge is -2.35. The zero-order chi connectivity index (χ0) is 10.2. The van der Waals surface area contributed by atoms with E-state index in [4.69, 9.17) is 4.84 Å². The van der Waals surface area contributed by atoms with Crippen LogP contribution in [0.1, 0.15) is 34.6 Å². The summed E-state index contributed by atoms with van der Waals surface area (Å²) in [7, 11) is 2.05. The molecule has 1 atom stereocenters. The number of amidine groups is 1. The second-order valence-corrected chi connectivity index (χ2v) is 4.46. The number of nitrogens with zero attached hydrogens (tertiary/aromatic N) is 2. The zero-order valence-electron chi connectivity index (χ0n) is 9.46. The fourth-order valence-electron chi connectivity index (χ4n) is 1.47. The molecule has 0 spiro atoms. The van der Waals surface area contributed by atoms with Crippen molar-refractivity contribution in [3.8, 4) is 0 Å². The van der Waals surface area contributed by atoms with Gasteiger partial charge in [-0.25, -0.2) is 0 Å². The second-order valence-electron chi connectivity index (χ2n) is 4.46. The van der Waals surface area contributed by atoms with Crippen molar-refractivity contribution in [3.63, 3.8) is 0 Å². The summed E-state index contributed by atoms with van der Waals surface area (Å²) in [6.45, 7) is 10.6. The van der Waals surface area contributed by atoms with E-state index in [2.05, 4.69) is 44.7 Å². The van der Waals surface area contributed by atoms with Crippen LogP contribution in [-0.4, -0.2) is 23.5 Å². The molecule has 0 saturated heterocycles. The quantitative estimate of drug-likeness (QED) is 0.657. The molecule has 0 radical (unpaired) electrons. The summed E-state index contributed by atoms with van der Waals surface area (Å²) >= 11 is 0. The van der Waals surface area contributed by atoms with Gasteiger partial charge >= 0.3 is 0 Å². The van der Waals surface area contributed by atoms with Crippen LogP contribution in [0.25, 0.3) is 0 Å². The molecule has 13 heavy (non-hydrogen) atoms. The topological polar surface area (TPSA) is 24.8 Å². The summed E-state index contributed by atoms with van der Waals surface area (Å²) in [5, 5.41) is 4.13. The smallest absolute Gasteiger partial charge is 0.210 e. The molecule has 0 bridgehead atoms. The molecule has 1 aliphatic heterocycles. The van der Waals surface area contributed by atoms with Crippen LogP contribution in [0.4, 0.5) is 0 Å². The molecule has 1 heterocycles. The summed E-state index contributed by atoms with van der Waals surface area (Å²) in [5.74, 6) is 1.89. The largest absolute Gasteiger partial charge is 0.365 e. The SMILES string of the molecule is CC(C)C1=NOC(C)(C(C)C)N1C. The average Bonchev–Trinajstić information content (AvgIpc) is 2.30. The fourth-order valence-corrected chi connectivity index (χ4v) is 1.47. The first-order valence-corrected chi connectivity index (χ1v) is 4.89. The van der Waals surface area contributed by atoms with E-state index in [1.54, 1.807) is 0 Å². The van der Waals surface area contributed by atoms with Crippen LogP contribution in [0, 0.1) is 11.8 Å². The number of rotatable bonds is 2. The summed E-state index contributed by atoms with van der Waals surface area (Å²) in [4.78, 5) is 7.64. The van der Waals surface area contributed by atoms with Gasteiger partial charge in [-0.2, -0.15) is 0 Å². The van der Waals surface area contributed by atoms with Gasteiger partial charge in [0.05, 0.1) is 0 Å². The van der Waals surface area contributed by atoms with Gasteiger partial charge in [-0.3, -0.25) is 0 Å². The Morgan fingerprint density at radius 1 is 1.31 bits per heavy atom. The van der Waals surface area contributed by atoms with Crippen LogP contribution in [0.2, 0.25) is 0 Å². The monoisotopic (exact) mass is 184 g/mol. The Kier molecular flexibility index (Phi) is 2.55. The third-order valence-corrected chi connectivity index (χ3v) is 2.92. The molecular formula is C10H20N2O. The van der Waals surface area contributed by atoms with Crippen molar-refractivity contribution in [2.75, 3.05) is 7.05 Å². The van der Waals surface area contributed by atoms with Crippen molar-refractivity contribution in [2.24, 2.45) is 17.0 Å². The molecule has 3 heteroatoms. The maximum atomic E-state index is 5.50. The lowest BCUT2D eigenvalue weighted by Crippen LogP contribution is -2.48. The van der Waals surface area contributed by atoms with Gasteiger partial charge in [0.1, 0.15) is 5.84 Å². The lowest BCUT2D eigenvalue weighted by atomic mass is 9.99. The molecule has 0 aliphatic carbocycles. The highest BCUT2D eigenvalue weighted by Gasteiger charge is 2.42. The van der Waals surface area contributed by atoms with Crippen LogP contribution in [0.3, 0.4) is 0 Å². The lowest BCUT2D eigenvalue weighted by molar-refractivity contribution is -0.109. The van der Waals surface area contributed by atoms with Crippen molar-refractivity contribution >= 4 is 5.84 Å². The maximum Gasteiger partial charge on any atom is 0.210 e. The van der Waals surface area contributed by atoms with E-state index < -0.39 is 0 Å². The molecule has 1 unspecified atom stereocenters. The number of hydrogen-bond acceptors (Lipinski definition) is 3. The first-order valence-electron chi connectivity index (χ1n) is 4.89. The van der Waals surface area contributed by atoms with Gasteiger partial charge in [0, 0.05) is 18.9 Å². The Morgan fingerprint density at radius 3 is 2.08 bits per heavy atom. The Bertz CT molecular complexity index is 223. The van der Waals surface area contributed by atoms with E-state index in [0.29, 0.717) is 11.8 Å². The van der Waals surface area contributed by atoms with E-state index in [1.165, 1.54) is 0 Å². The predicted octanol–water partition coefficient (Wildman–Crippen LogP) is 2.29. The average molecular weight is 184 g/mol. The van der Waals surface area contributed by atoms with Gasteiger partial charge in [-0.05, 0) is 6.92 Å². The van der Waals surface area contributed by atoms with Crippen LogP contribution >= 0.6 is 0 Å². The van der Waals surface area contributed by atoms with Crippen LogP contribution in [0.5, 0.6) is 0 Å². The highest BCUT2D eigenvalue weighted by atomic mass is 16.7. The molecule has 0 N–H and O–H groups in total. The predicted molar refractivity (Wildman–Crippen MR) is 54.4 cm³/mol. The molecule has 1 aliphatic rings. The number of oxime groups is 1. The van der Waals surface area contributed by atoms with Gasteiger partial charge in [-0.1, -0.05) is 32.9 Å². The van der Waals surface area contributed by atoms with Gasteiger partial charge in [0.15, 0.2) is 0 Å². The minimum atomic E-state index is -0.264. The highest BCUT2D eigenvalue weighted by molar-refractivity contribution is 5.84. The molecule has 0 saturated carbocycles.